The summed E-state index contributed by atoms with van der Waals surface area (Å²) in [6.45, 7) is 4.47. The van der Waals surface area contributed by atoms with Gasteiger partial charge in [0.1, 0.15) is 5.75 Å². The van der Waals surface area contributed by atoms with Gasteiger partial charge in [0, 0.05) is 15.8 Å². The van der Waals surface area contributed by atoms with Crippen LogP contribution in [0.1, 0.15) is 23.9 Å². The van der Waals surface area contributed by atoms with E-state index >= 15 is 0 Å². The van der Waals surface area contributed by atoms with E-state index in [1.165, 1.54) is 11.8 Å². The van der Waals surface area contributed by atoms with E-state index in [1.54, 1.807) is 17.0 Å². The number of hydrogen-bond acceptors (Lipinski definition) is 5. The summed E-state index contributed by atoms with van der Waals surface area (Å²) in [4.78, 5) is 0. The summed E-state index contributed by atoms with van der Waals surface area (Å²) in [7, 11) is 0. The number of hydrogen-bond donors (Lipinski definition) is 0. The molecule has 0 aliphatic heterocycles. The van der Waals surface area contributed by atoms with Gasteiger partial charge in [0.25, 0.3) is 0 Å². The normalized spacial score (nSPS) is 11.3. The number of ether oxygens (including phenoxy) is 1. The molecular formula is C19H18Cl2N4OS. The molecule has 1 heterocycles. The van der Waals surface area contributed by atoms with Crippen LogP contribution >= 0.6 is 35.0 Å². The van der Waals surface area contributed by atoms with Gasteiger partial charge in [0.15, 0.2) is 5.82 Å². The minimum Gasteiger partial charge on any atom is -0.494 e. The summed E-state index contributed by atoms with van der Waals surface area (Å²) in [5.74, 6) is 2.19. The number of aromatic nitrogens is 3. The average molecular weight is 421 g/mol. The van der Waals surface area contributed by atoms with Gasteiger partial charge in [-0.3, -0.25) is 0 Å². The number of halogens is 2. The van der Waals surface area contributed by atoms with E-state index in [0.717, 1.165) is 16.9 Å². The van der Waals surface area contributed by atoms with Gasteiger partial charge in [-0.25, -0.2) is 0 Å². The van der Waals surface area contributed by atoms with E-state index in [9.17, 15) is 0 Å². The van der Waals surface area contributed by atoms with E-state index in [4.69, 9.17) is 27.9 Å². The van der Waals surface area contributed by atoms with Crippen LogP contribution in [0.4, 0.5) is 0 Å². The topological polar surface area (TPSA) is 52.3 Å². The van der Waals surface area contributed by atoms with Crippen molar-refractivity contribution < 1.29 is 4.74 Å². The largest absolute Gasteiger partial charge is 0.494 e. The third-order valence-corrected chi connectivity index (χ3v) is 5.21. The Labute approximate surface area is 172 Å². The van der Waals surface area contributed by atoms with Crippen LogP contribution in [0.25, 0.3) is 0 Å². The number of nitrogens with zero attached hydrogens (tertiary/aromatic N) is 4. The fraction of sp³-hybridized carbons (Fsp3) is 0.211. The monoisotopic (exact) mass is 420 g/mol. The van der Waals surface area contributed by atoms with Gasteiger partial charge in [0.05, 0.1) is 12.8 Å². The predicted octanol–water partition coefficient (Wildman–Crippen LogP) is 5.47. The molecule has 27 heavy (non-hydrogen) atoms. The van der Waals surface area contributed by atoms with Crippen molar-refractivity contribution >= 4 is 41.2 Å². The molecule has 3 rings (SSSR count). The van der Waals surface area contributed by atoms with E-state index in [-0.39, 0.29) is 0 Å². The highest BCUT2D eigenvalue weighted by atomic mass is 35.5. The molecule has 0 saturated carbocycles. The maximum atomic E-state index is 6.24. The zero-order valence-electron chi connectivity index (χ0n) is 14.9. The van der Waals surface area contributed by atoms with Crippen LogP contribution in [0.2, 0.25) is 10.0 Å². The fourth-order valence-electron chi connectivity index (χ4n) is 2.28. The second-order valence-electron chi connectivity index (χ2n) is 5.61. The van der Waals surface area contributed by atoms with Crippen LogP contribution in [0, 0.1) is 6.92 Å². The number of aryl methyl sites for hydroxylation is 1. The second kappa shape index (κ2) is 9.26. The molecule has 0 N–H and O–H groups in total. The first-order valence-electron chi connectivity index (χ1n) is 8.32. The molecule has 0 radical (unpaired) electrons. The van der Waals surface area contributed by atoms with E-state index in [0.29, 0.717) is 33.4 Å². The lowest BCUT2D eigenvalue weighted by molar-refractivity contribution is 0.340. The SMILES string of the molecule is CCOc1ccc(/C=N/n2c(C)nnc2SCc2ccc(Cl)cc2Cl)cc1. The molecule has 2 aromatic carbocycles. The summed E-state index contributed by atoms with van der Waals surface area (Å²) < 4.78 is 7.16. The molecule has 140 valence electrons. The molecule has 0 spiro atoms. The highest BCUT2D eigenvalue weighted by Gasteiger charge is 2.10. The summed E-state index contributed by atoms with van der Waals surface area (Å²) in [6, 6.07) is 13.2. The summed E-state index contributed by atoms with van der Waals surface area (Å²) >= 11 is 13.7. The molecule has 1 aromatic heterocycles. The Hall–Kier alpha value is -2.02. The Morgan fingerprint density at radius 2 is 1.93 bits per heavy atom. The first kappa shape index (κ1) is 19.7. The third kappa shape index (κ3) is 5.25. The fourth-order valence-corrected chi connectivity index (χ4v) is 3.77. The Bertz CT molecular complexity index is 941. The standard InChI is InChI=1S/C19H18Cl2N4OS/c1-3-26-17-8-4-14(5-9-17)11-22-25-13(2)23-24-19(25)27-12-15-6-7-16(20)10-18(15)21/h4-11H,3,12H2,1-2H3/b22-11+. The van der Waals surface area contributed by atoms with Gasteiger partial charge in [-0.1, -0.05) is 41.0 Å². The van der Waals surface area contributed by atoms with Crippen molar-refractivity contribution in [2.75, 3.05) is 6.61 Å². The minimum atomic E-state index is 0.618. The van der Waals surface area contributed by atoms with Crippen molar-refractivity contribution in [2.45, 2.75) is 24.8 Å². The van der Waals surface area contributed by atoms with Crippen LogP contribution < -0.4 is 4.74 Å². The van der Waals surface area contributed by atoms with Crippen molar-refractivity contribution in [3.8, 4) is 5.75 Å². The van der Waals surface area contributed by atoms with Crippen molar-refractivity contribution in [1.29, 1.82) is 0 Å². The van der Waals surface area contributed by atoms with Crippen molar-refractivity contribution in [3.63, 3.8) is 0 Å². The van der Waals surface area contributed by atoms with Crippen LogP contribution in [-0.2, 0) is 5.75 Å². The molecule has 0 bridgehead atoms. The number of thioether (sulfide) groups is 1. The van der Waals surface area contributed by atoms with E-state index < -0.39 is 0 Å². The van der Waals surface area contributed by atoms with Crippen molar-refractivity contribution in [1.82, 2.24) is 14.9 Å². The van der Waals surface area contributed by atoms with Crippen LogP contribution in [0.5, 0.6) is 5.75 Å². The van der Waals surface area contributed by atoms with E-state index in [1.807, 2.05) is 50.2 Å². The quantitative estimate of drug-likeness (QED) is 0.375. The molecule has 5 nitrogen and oxygen atoms in total. The molecule has 0 fully saturated rings. The molecule has 8 heteroatoms. The van der Waals surface area contributed by atoms with Gasteiger partial charge in [0.2, 0.25) is 5.16 Å². The molecule has 0 aliphatic rings. The summed E-state index contributed by atoms with van der Waals surface area (Å²) in [6.07, 6.45) is 1.77. The molecule has 0 aliphatic carbocycles. The number of rotatable bonds is 7. The Kier molecular flexibility index (Phi) is 6.77. The maximum absolute atomic E-state index is 6.24. The van der Waals surface area contributed by atoms with Gasteiger partial charge >= 0.3 is 0 Å². The van der Waals surface area contributed by atoms with Gasteiger partial charge in [-0.2, -0.15) is 9.78 Å². The molecule has 0 amide bonds. The molecular weight excluding hydrogens is 403 g/mol. The Morgan fingerprint density at radius 1 is 1.15 bits per heavy atom. The Balaban J connectivity index is 1.72. The minimum absolute atomic E-state index is 0.618. The Morgan fingerprint density at radius 3 is 2.63 bits per heavy atom. The predicted molar refractivity (Wildman–Crippen MR) is 111 cm³/mol. The lowest BCUT2D eigenvalue weighted by atomic mass is 10.2. The van der Waals surface area contributed by atoms with Gasteiger partial charge in [-0.15, -0.1) is 10.2 Å². The first-order chi connectivity index (χ1) is 13.1. The first-order valence-corrected chi connectivity index (χ1v) is 10.1. The summed E-state index contributed by atoms with van der Waals surface area (Å²) in [5, 5.41) is 14.8. The molecule has 0 unspecified atom stereocenters. The summed E-state index contributed by atoms with van der Waals surface area (Å²) in [5.41, 5.74) is 1.94. The van der Waals surface area contributed by atoms with Crippen molar-refractivity contribution in [3.05, 3.63) is 69.5 Å². The van der Waals surface area contributed by atoms with E-state index in [2.05, 4.69) is 15.3 Å². The van der Waals surface area contributed by atoms with Crippen molar-refractivity contribution in [2.24, 2.45) is 5.10 Å². The lowest BCUT2D eigenvalue weighted by Gasteiger charge is -2.05. The highest BCUT2D eigenvalue weighted by molar-refractivity contribution is 7.98. The maximum Gasteiger partial charge on any atom is 0.212 e. The van der Waals surface area contributed by atoms with Gasteiger partial charge in [-0.05, 0) is 61.4 Å². The van der Waals surface area contributed by atoms with Crippen LogP contribution in [0.3, 0.4) is 0 Å². The van der Waals surface area contributed by atoms with Crippen LogP contribution in [0.15, 0.2) is 52.7 Å². The molecule has 3 aromatic rings. The molecule has 0 saturated heterocycles. The molecule has 0 atom stereocenters. The second-order valence-corrected chi connectivity index (χ2v) is 7.40. The average Bonchev–Trinajstić information content (AvgIpc) is 3.00. The smallest absolute Gasteiger partial charge is 0.212 e. The third-order valence-electron chi connectivity index (χ3n) is 3.65. The number of benzene rings is 2. The van der Waals surface area contributed by atoms with Crippen LogP contribution in [-0.4, -0.2) is 27.7 Å². The lowest BCUT2D eigenvalue weighted by Crippen LogP contribution is -1.97. The zero-order valence-corrected chi connectivity index (χ0v) is 17.2. The zero-order chi connectivity index (χ0) is 19.2. The highest BCUT2D eigenvalue weighted by Crippen LogP contribution is 2.28. The van der Waals surface area contributed by atoms with Gasteiger partial charge < -0.3 is 4.74 Å².